The van der Waals surface area contributed by atoms with E-state index in [0.717, 1.165) is 12.0 Å². The third-order valence-corrected chi connectivity index (χ3v) is 3.67. The highest BCUT2D eigenvalue weighted by Gasteiger charge is 2.09. The minimum atomic E-state index is -0.136. The highest BCUT2D eigenvalue weighted by molar-refractivity contribution is 5.75. The molecule has 1 N–H and O–H groups in total. The van der Waals surface area contributed by atoms with Crippen molar-refractivity contribution < 1.29 is 9.53 Å². The Morgan fingerprint density at radius 3 is 2.56 bits per heavy atom. The largest absolute Gasteiger partial charge is 0.379 e. The molecule has 0 saturated carbocycles. The highest BCUT2D eigenvalue weighted by Crippen LogP contribution is 2.19. The van der Waals surface area contributed by atoms with Crippen LogP contribution >= 0.6 is 0 Å². The van der Waals surface area contributed by atoms with E-state index in [4.69, 9.17) is 4.74 Å². The molecule has 1 heterocycles. The maximum Gasteiger partial charge on any atom is 0.243 e. The predicted molar refractivity (Wildman–Crippen MR) is 96.1 cm³/mol. The molecule has 1 aromatic carbocycles. The number of amides is 1. The van der Waals surface area contributed by atoms with E-state index in [0.29, 0.717) is 24.9 Å². The molecule has 0 atom stereocenters. The lowest BCUT2D eigenvalue weighted by Gasteiger charge is -2.07. The van der Waals surface area contributed by atoms with Crippen LogP contribution in [0.5, 0.6) is 0 Å². The van der Waals surface area contributed by atoms with Crippen LogP contribution in [0.15, 0.2) is 24.3 Å². The number of hydrogen-bond donors (Lipinski definition) is 1. The van der Waals surface area contributed by atoms with Crippen molar-refractivity contribution in [2.24, 2.45) is 0 Å². The number of nitrogens with zero attached hydrogens (tertiary/aromatic N) is 4. The summed E-state index contributed by atoms with van der Waals surface area (Å²) < 4.78 is 5.43. The first-order chi connectivity index (χ1) is 12.0. The fraction of sp³-hybridized carbons (Fsp3) is 0.556. The Morgan fingerprint density at radius 1 is 1.20 bits per heavy atom. The summed E-state index contributed by atoms with van der Waals surface area (Å²) in [7, 11) is 0. The first-order valence-electron chi connectivity index (χ1n) is 8.72. The van der Waals surface area contributed by atoms with Crippen LogP contribution in [-0.4, -0.2) is 45.4 Å². The van der Waals surface area contributed by atoms with Crippen LogP contribution in [0.1, 0.15) is 45.6 Å². The van der Waals surface area contributed by atoms with Gasteiger partial charge in [-0.2, -0.15) is 4.80 Å². The molecule has 136 valence electrons. The zero-order valence-electron chi connectivity index (χ0n) is 15.4. The molecule has 0 fully saturated rings. The number of carbonyl (C=O) groups is 1. The number of aromatic nitrogens is 4. The molecule has 0 unspecified atom stereocenters. The Labute approximate surface area is 148 Å². The summed E-state index contributed by atoms with van der Waals surface area (Å²) in [6, 6.07) is 8.08. The minimum absolute atomic E-state index is 0.0577. The van der Waals surface area contributed by atoms with Gasteiger partial charge in [-0.1, -0.05) is 38.1 Å². The molecule has 0 aliphatic rings. The molecule has 2 aromatic rings. The molecule has 1 aromatic heterocycles. The molecular weight excluding hydrogens is 318 g/mol. The van der Waals surface area contributed by atoms with E-state index in [9.17, 15) is 4.79 Å². The summed E-state index contributed by atoms with van der Waals surface area (Å²) in [6.07, 6.45) is 0.991. The van der Waals surface area contributed by atoms with Gasteiger partial charge < -0.3 is 10.1 Å². The van der Waals surface area contributed by atoms with Crippen molar-refractivity contribution in [3.63, 3.8) is 0 Å². The van der Waals surface area contributed by atoms with Crippen LogP contribution in [0.2, 0.25) is 0 Å². The third-order valence-electron chi connectivity index (χ3n) is 3.67. The predicted octanol–water partition coefficient (Wildman–Crippen LogP) is 2.39. The van der Waals surface area contributed by atoms with Crippen LogP contribution in [0, 0.1) is 0 Å². The molecule has 7 nitrogen and oxygen atoms in total. The standard InChI is InChI=1S/C18H27N5O2/c1-13(2)15-6-8-16(9-7-15)18-20-22-23(21-18)12-17(24)19-10-5-11-25-14(3)4/h6-9,13-14H,5,10-12H2,1-4H3,(H,19,24). The second-order valence-corrected chi connectivity index (χ2v) is 6.54. The number of benzene rings is 1. The SMILES string of the molecule is CC(C)OCCCNC(=O)Cn1nnc(-c2ccc(C(C)C)cc2)n1. The maximum absolute atomic E-state index is 11.9. The first kappa shape index (κ1) is 19.1. The van der Waals surface area contributed by atoms with E-state index in [1.807, 2.05) is 26.0 Å². The van der Waals surface area contributed by atoms with E-state index in [2.05, 4.69) is 46.7 Å². The van der Waals surface area contributed by atoms with Crippen LogP contribution in [0.4, 0.5) is 0 Å². The average Bonchev–Trinajstić information content (AvgIpc) is 3.02. The molecule has 7 heteroatoms. The van der Waals surface area contributed by atoms with Gasteiger partial charge in [-0.15, -0.1) is 10.2 Å². The number of hydrogen-bond acceptors (Lipinski definition) is 5. The maximum atomic E-state index is 11.9. The molecule has 2 rings (SSSR count). The Kier molecular flexibility index (Phi) is 7.06. The monoisotopic (exact) mass is 345 g/mol. The molecular formula is C18H27N5O2. The summed E-state index contributed by atoms with van der Waals surface area (Å²) in [5, 5.41) is 15.1. The molecule has 0 radical (unpaired) electrons. The Balaban J connectivity index is 1.81. The summed E-state index contributed by atoms with van der Waals surface area (Å²) in [6.45, 7) is 9.54. The van der Waals surface area contributed by atoms with Crippen LogP contribution in [-0.2, 0) is 16.1 Å². The summed E-state index contributed by atoms with van der Waals surface area (Å²) in [5.74, 6) is 0.865. The Hall–Kier alpha value is -2.28. The first-order valence-corrected chi connectivity index (χ1v) is 8.72. The van der Waals surface area contributed by atoms with Gasteiger partial charge in [0.15, 0.2) is 0 Å². The summed E-state index contributed by atoms with van der Waals surface area (Å²) >= 11 is 0. The van der Waals surface area contributed by atoms with Gasteiger partial charge in [0.05, 0.1) is 6.10 Å². The molecule has 1 amide bonds. The molecule has 0 aliphatic carbocycles. The topological polar surface area (TPSA) is 81.9 Å². The second kappa shape index (κ2) is 9.27. The number of nitrogens with one attached hydrogen (secondary N) is 1. The number of ether oxygens (including phenoxy) is 1. The highest BCUT2D eigenvalue weighted by atomic mass is 16.5. The quantitative estimate of drug-likeness (QED) is 0.706. The second-order valence-electron chi connectivity index (χ2n) is 6.54. The Bertz CT molecular complexity index is 664. The molecule has 25 heavy (non-hydrogen) atoms. The lowest BCUT2D eigenvalue weighted by atomic mass is 10.0. The summed E-state index contributed by atoms with van der Waals surface area (Å²) in [5.41, 5.74) is 2.15. The van der Waals surface area contributed by atoms with Crippen molar-refractivity contribution in [3.05, 3.63) is 29.8 Å². The lowest BCUT2D eigenvalue weighted by Crippen LogP contribution is -2.30. The van der Waals surface area contributed by atoms with Crippen molar-refractivity contribution in [3.8, 4) is 11.4 Å². The third kappa shape index (κ3) is 6.26. The molecule has 0 aliphatic heterocycles. The van der Waals surface area contributed by atoms with E-state index >= 15 is 0 Å². The van der Waals surface area contributed by atoms with Gasteiger partial charge in [-0.3, -0.25) is 4.79 Å². The molecule has 0 spiro atoms. The van der Waals surface area contributed by atoms with E-state index < -0.39 is 0 Å². The smallest absolute Gasteiger partial charge is 0.243 e. The fourth-order valence-electron chi connectivity index (χ4n) is 2.25. The number of tetrazole rings is 1. The van der Waals surface area contributed by atoms with Crippen LogP contribution in [0.25, 0.3) is 11.4 Å². The fourth-order valence-corrected chi connectivity index (χ4v) is 2.25. The zero-order valence-corrected chi connectivity index (χ0v) is 15.4. The van der Waals surface area contributed by atoms with Crippen molar-refractivity contribution in [1.29, 1.82) is 0 Å². The van der Waals surface area contributed by atoms with Crippen molar-refractivity contribution in [2.75, 3.05) is 13.2 Å². The van der Waals surface area contributed by atoms with Gasteiger partial charge in [0.25, 0.3) is 0 Å². The van der Waals surface area contributed by atoms with Gasteiger partial charge in [0, 0.05) is 18.7 Å². The van der Waals surface area contributed by atoms with Gasteiger partial charge >= 0.3 is 0 Å². The van der Waals surface area contributed by atoms with Gasteiger partial charge in [-0.25, -0.2) is 0 Å². The van der Waals surface area contributed by atoms with Crippen LogP contribution in [0.3, 0.4) is 0 Å². The van der Waals surface area contributed by atoms with Crippen LogP contribution < -0.4 is 5.32 Å². The van der Waals surface area contributed by atoms with Crippen molar-refractivity contribution >= 4 is 5.91 Å². The van der Waals surface area contributed by atoms with Gasteiger partial charge in [0.1, 0.15) is 6.54 Å². The molecule has 0 bridgehead atoms. The molecule has 0 saturated heterocycles. The number of rotatable bonds is 9. The van der Waals surface area contributed by atoms with Crippen molar-refractivity contribution in [1.82, 2.24) is 25.5 Å². The van der Waals surface area contributed by atoms with Crippen molar-refractivity contribution in [2.45, 2.75) is 52.7 Å². The minimum Gasteiger partial charge on any atom is -0.379 e. The lowest BCUT2D eigenvalue weighted by molar-refractivity contribution is -0.122. The van der Waals surface area contributed by atoms with E-state index in [1.165, 1.54) is 10.4 Å². The van der Waals surface area contributed by atoms with Gasteiger partial charge in [-0.05, 0) is 37.0 Å². The normalized spacial score (nSPS) is 11.3. The average molecular weight is 345 g/mol. The van der Waals surface area contributed by atoms with E-state index in [1.54, 1.807) is 0 Å². The number of carbonyl (C=O) groups excluding carboxylic acids is 1. The zero-order chi connectivity index (χ0) is 18.2. The summed E-state index contributed by atoms with van der Waals surface area (Å²) in [4.78, 5) is 13.2. The Morgan fingerprint density at radius 2 is 1.92 bits per heavy atom. The van der Waals surface area contributed by atoms with Gasteiger partial charge in [0.2, 0.25) is 11.7 Å². The van der Waals surface area contributed by atoms with E-state index in [-0.39, 0.29) is 18.6 Å².